The van der Waals surface area contributed by atoms with Crippen LogP contribution in [0.3, 0.4) is 0 Å². The molecule has 5 heteroatoms. The summed E-state index contributed by atoms with van der Waals surface area (Å²) in [5.74, 6) is 0.0933. The van der Waals surface area contributed by atoms with E-state index in [0.717, 1.165) is 22.2 Å². The highest BCUT2D eigenvalue weighted by Gasteiger charge is 2.14. The predicted molar refractivity (Wildman–Crippen MR) is 73.3 cm³/mol. The Hall–Kier alpha value is -1.20. The Labute approximate surface area is 109 Å². The lowest BCUT2D eigenvalue weighted by molar-refractivity contribution is 0.102. The number of carbonyl (C=O) groups is 1. The first-order valence-electron chi connectivity index (χ1n) is 5.30. The van der Waals surface area contributed by atoms with Gasteiger partial charge < -0.3 is 4.90 Å². The molecule has 0 amide bonds. The van der Waals surface area contributed by atoms with E-state index >= 15 is 0 Å². The molecule has 0 aliphatic rings. The third-order valence-corrected chi connectivity index (χ3v) is 4.64. The third kappa shape index (κ3) is 2.73. The van der Waals surface area contributed by atoms with Crippen molar-refractivity contribution in [3.05, 3.63) is 33.0 Å². The molecular weight excluding hydrogens is 252 g/mol. The average Bonchev–Trinajstić information content (AvgIpc) is 2.86. The Morgan fingerprint density at radius 2 is 2.29 bits per heavy atom. The maximum Gasteiger partial charge on any atom is 0.186 e. The van der Waals surface area contributed by atoms with Crippen LogP contribution in [0.4, 0.5) is 5.13 Å². The number of hydrogen-bond acceptors (Lipinski definition) is 5. The van der Waals surface area contributed by atoms with Gasteiger partial charge in [-0.1, -0.05) is 17.4 Å². The minimum Gasteiger partial charge on any atom is -0.346 e. The zero-order valence-electron chi connectivity index (χ0n) is 10.1. The van der Waals surface area contributed by atoms with E-state index in [2.05, 4.69) is 21.3 Å². The molecule has 0 bridgehead atoms. The predicted octanol–water partition coefficient (Wildman–Crippen LogP) is 3.35. The van der Waals surface area contributed by atoms with Crippen molar-refractivity contribution >= 4 is 33.6 Å². The fourth-order valence-corrected chi connectivity index (χ4v) is 3.26. The van der Waals surface area contributed by atoms with Crippen molar-refractivity contribution in [1.29, 1.82) is 0 Å². The second-order valence-corrected chi connectivity index (χ2v) is 5.91. The lowest BCUT2D eigenvalue weighted by Crippen LogP contribution is -2.15. The first kappa shape index (κ1) is 12.3. The molecule has 0 atom stereocenters. The molecule has 0 unspecified atom stereocenters. The number of ketones is 1. The van der Waals surface area contributed by atoms with E-state index < -0.39 is 0 Å². The quantitative estimate of drug-likeness (QED) is 0.796. The van der Waals surface area contributed by atoms with Crippen LogP contribution in [-0.4, -0.2) is 17.8 Å². The number of thiazole rings is 1. The number of hydrogen-bond donors (Lipinski definition) is 0. The van der Waals surface area contributed by atoms with Gasteiger partial charge in [-0.15, -0.1) is 11.3 Å². The number of Topliss-reactive ketones (excluding diaryl/α,β-unsaturated/α-hetero) is 1. The van der Waals surface area contributed by atoms with Gasteiger partial charge in [0.15, 0.2) is 10.9 Å². The summed E-state index contributed by atoms with van der Waals surface area (Å²) in [6.07, 6.45) is 0. The summed E-state index contributed by atoms with van der Waals surface area (Å²) in [6.45, 7) is 4.31. The highest BCUT2D eigenvalue weighted by molar-refractivity contribution is 7.17. The number of nitrogens with zero attached hydrogens (tertiary/aromatic N) is 2. The summed E-state index contributed by atoms with van der Waals surface area (Å²) in [5.41, 5.74) is 0.829. The molecule has 2 rings (SSSR count). The van der Waals surface area contributed by atoms with Crippen LogP contribution in [0.1, 0.15) is 27.2 Å². The first-order valence-corrected chi connectivity index (χ1v) is 6.99. The van der Waals surface area contributed by atoms with Gasteiger partial charge in [-0.05, 0) is 18.4 Å². The third-order valence-electron chi connectivity index (χ3n) is 2.40. The summed E-state index contributed by atoms with van der Waals surface area (Å²) >= 11 is 3.20. The van der Waals surface area contributed by atoms with E-state index in [1.165, 1.54) is 16.2 Å². The molecule has 2 heterocycles. The molecule has 0 saturated heterocycles. The van der Waals surface area contributed by atoms with Crippen LogP contribution >= 0.6 is 22.7 Å². The Balaban J connectivity index is 2.17. The van der Waals surface area contributed by atoms with Gasteiger partial charge in [0.2, 0.25) is 0 Å². The highest BCUT2D eigenvalue weighted by Crippen LogP contribution is 2.27. The molecule has 90 valence electrons. The Kier molecular flexibility index (Phi) is 3.59. The molecule has 0 spiro atoms. The molecule has 17 heavy (non-hydrogen) atoms. The monoisotopic (exact) mass is 266 g/mol. The van der Waals surface area contributed by atoms with Gasteiger partial charge in [0, 0.05) is 18.8 Å². The molecule has 2 aromatic rings. The summed E-state index contributed by atoms with van der Waals surface area (Å²) in [4.78, 5) is 20.0. The second-order valence-electron chi connectivity index (χ2n) is 3.90. The molecule has 0 saturated carbocycles. The van der Waals surface area contributed by atoms with Crippen LogP contribution in [0.2, 0.25) is 0 Å². The largest absolute Gasteiger partial charge is 0.346 e. The van der Waals surface area contributed by atoms with Crippen LogP contribution in [0.25, 0.3) is 0 Å². The maximum absolute atomic E-state index is 11.4. The fraction of sp³-hybridized carbons (Fsp3) is 0.333. The summed E-state index contributed by atoms with van der Waals surface area (Å²) in [6, 6.07) is 4.15. The minimum absolute atomic E-state index is 0.0933. The lowest BCUT2D eigenvalue weighted by atomic mass is 10.3. The molecule has 0 aromatic carbocycles. The van der Waals surface area contributed by atoms with Crippen LogP contribution in [-0.2, 0) is 6.54 Å². The second kappa shape index (κ2) is 4.98. The van der Waals surface area contributed by atoms with Gasteiger partial charge in [-0.25, -0.2) is 4.98 Å². The van der Waals surface area contributed by atoms with Crippen LogP contribution in [0.15, 0.2) is 17.5 Å². The van der Waals surface area contributed by atoms with E-state index in [1.54, 1.807) is 18.3 Å². The Morgan fingerprint density at radius 1 is 1.53 bits per heavy atom. The average molecular weight is 266 g/mol. The van der Waals surface area contributed by atoms with Crippen molar-refractivity contribution in [1.82, 2.24) is 4.98 Å². The highest BCUT2D eigenvalue weighted by atomic mass is 32.1. The van der Waals surface area contributed by atoms with Crippen molar-refractivity contribution in [3.63, 3.8) is 0 Å². The SMILES string of the molecule is CC(=O)c1sc(N(C)Cc2cccs2)nc1C. The first-order chi connectivity index (χ1) is 8.08. The van der Waals surface area contributed by atoms with Crippen molar-refractivity contribution in [2.75, 3.05) is 11.9 Å². The fourth-order valence-electron chi connectivity index (χ4n) is 1.58. The van der Waals surface area contributed by atoms with E-state index in [-0.39, 0.29) is 5.78 Å². The van der Waals surface area contributed by atoms with E-state index in [9.17, 15) is 4.79 Å². The molecule has 0 aliphatic carbocycles. The Morgan fingerprint density at radius 3 is 2.82 bits per heavy atom. The lowest BCUT2D eigenvalue weighted by Gasteiger charge is -2.13. The molecule has 0 fully saturated rings. The van der Waals surface area contributed by atoms with Gasteiger partial charge in [0.05, 0.1) is 17.1 Å². The minimum atomic E-state index is 0.0933. The van der Waals surface area contributed by atoms with E-state index in [1.807, 2.05) is 20.0 Å². The summed E-state index contributed by atoms with van der Waals surface area (Å²) in [7, 11) is 2.00. The van der Waals surface area contributed by atoms with Gasteiger partial charge in [-0.2, -0.15) is 0 Å². The maximum atomic E-state index is 11.4. The number of aromatic nitrogens is 1. The number of rotatable bonds is 4. The van der Waals surface area contributed by atoms with Crippen molar-refractivity contribution in [2.45, 2.75) is 20.4 Å². The molecule has 0 aliphatic heterocycles. The van der Waals surface area contributed by atoms with Crippen LogP contribution in [0.5, 0.6) is 0 Å². The zero-order chi connectivity index (χ0) is 12.4. The smallest absolute Gasteiger partial charge is 0.186 e. The zero-order valence-corrected chi connectivity index (χ0v) is 11.7. The van der Waals surface area contributed by atoms with Gasteiger partial charge in [0.1, 0.15) is 0 Å². The molecule has 0 N–H and O–H groups in total. The number of aryl methyl sites for hydroxylation is 1. The van der Waals surface area contributed by atoms with Crippen LogP contribution < -0.4 is 4.90 Å². The van der Waals surface area contributed by atoms with Gasteiger partial charge in [-0.3, -0.25) is 4.79 Å². The van der Waals surface area contributed by atoms with Crippen molar-refractivity contribution in [3.8, 4) is 0 Å². The Bertz CT molecular complexity index is 517. The van der Waals surface area contributed by atoms with E-state index in [0.29, 0.717) is 0 Å². The van der Waals surface area contributed by atoms with Crippen molar-refractivity contribution < 1.29 is 4.79 Å². The van der Waals surface area contributed by atoms with Crippen LogP contribution in [0, 0.1) is 6.92 Å². The molecular formula is C12H14N2OS2. The molecule has 0 radical (unpaired) electrons. The molecule has 2 aromatic heterocycles. The standard InChI is InChI=1S/C12H14N2OS2/c1-8-11(9(2)15)17-12(13-8)14(3)7-10-5-4-6-16-10/h4-6H,7H2,1-3H3. The number of anilines is 1. The van der Waals surface area contributed by atoms with Crippen molar-refractivity contribution in [2.24, 2.45) is 0 Å². The number of carbonyl (C=O) groups excluding carboxylic acids is 1. The van der Waals surface area contributed by atoms with E-state index in [4.69, 9.17) is 0 Å². The normalized spacial score (nSPS) is 10.5. The summed E-state index contributed by atoms with van der Waals surface area (Å²) in [5, 5.41) is 2.97. The molecule has 3 nitrogen and oxygen atoms in total. The summed E-state index contributed by atoms with van der Waals surface area (Å²) < 4.78 is 0. The van der Waals surface area contributed by atoms with Gasteiger partial charge >= 0.3 is 0 Å². The number of thiophene rings is 1. The van der Waals surface area contributed by atoms with Gasteiger partial charge in [0.25, 0.3) is 0 Å². The topological polar surface area (TPSA) is 33.2 Å².